The van der Waals surface area contributed by atoms with Gasteiger partial charge in [0.25, 0.3) is 0 Å². The van der Waals surface area contributed by atoms with Gasteiger partial charge in [-0.1, -0.05) is 20.3 Å². The zero-order valence-electron chi connectivity index (χ0n) is 12.1. The van der Waals surface area contributed by atoms with Crippen LogP contribution >= 0.6 is 0 Å². The van der Waals surface area contributed by atoms with Gasteiger partial charge in [0.1, 0.15) is 0 Å². The molecule has 18 heavy (non-hydrogen) atoms. The number of ether oxygens (including phenoxy) is 1. The molecule has 0 spiro atoms. The molecule has 1 heterocycles. The van der Waals surface area contributed by atoms with Crippen molar-refractivity contribution in [2.45, 2.75) is 46.1 Å². The predicted molar refractivity (Wildman–Crippen MR) is 73.6 cm³/mol. The number of esters is 1. The third-order valence-corrected chi connectivity index (χ3v) is 3.46. The molecule has 2 atom stereocenters. The van der Waals surface area contributed by atoms with E-state index in [4.69, 9.17) is 4.74 Å². The average Bonchev–Trinajstić information content (AvgIpc) is 2.29. The molecule has 0 radical (unpaired) electrons. The van der Waals surface area contributed by atoms with Gasteiger partial charge in [-0.3, -0.25) is 9.69 Å². The Morgan fingerprint density at radius 3 is 2.72 bits per heavy atom. The predicted octanol–water partition coefficient (Wildman–Crippen LogP) is 1.65. The second-order valence-electron chi connectivity index (χ2n) is 5.14. The molecule has 0 aromatic carbocycles. The quantitative estimate of drug-likeness (QED) is 0.703. The number of hydrogen-bond donors (Lipinski definition) is 1. The third kappa shape index (κ3) is 5.36. The van der Waals surface area contributed by atoms with Crippen molar-refractivity contribution in [1.29, 1.82) is 0 Å². The molecular formula is C14H28N2O2. The van der Waals surface area contributed by atoms with Gasteiger partial charge >= 0.3 is 5.97 Å². The zero-order valence-corrected chi connectivity index (χ0v) is 12.1. The first-order valence-electron chi connectivity index (χ1n) is 7.30. The van der Waals surface area contributed by atoms with Gasteiger partial charge in [-0.2, -0.15) is 0 Å². The fourth-order valence-electron chi connectivity index (χ4n) is 2.88. The van der Waals surface area contributed by atoms with E-state index in [-0.39, 0.29) is 5.97 Å². The molecule has 0 bridgehead atoms. The van der Waals surface area contributed by atoms with Crippen molar-refractivity contribution in [1.82, 2.24) is 10.2 Å². The molecule has 4 heteroatoms. The Kier molecular flexibility index (Phi) is 7.28. The van der Waals surface area contributed by atoms with Gasteiger partial charge < -0.3 is 10.1 Å². The van der Waals surface area contributed by atoms with Crippen LogP contribution in [0, 0.1) is 5.92 Å². The van der Waals surface area contributed by atoms with Crippen LogP contribution in [0.25, 0.3) is 0 Å². The van der Waals surface area contributed by atoms with Gasteiger partial charge in [-0.05, 0) is 32.2 Å². The molecule has 2 unspecified atom stereocenters. The van der Waals surface area contributed by atoms with Crippen LogP contribution in [0.15, 0.2) is 0 Å². The Balaban J connectivity index is 2.46. The number of carbonyl (C=O) groups is 1. The molecule has 106 valence electrons. The highest BCUT2D eigenvalue weighted by Crippen LogP contribution is 2.21. The summed E-state index contributed by atoms with van der Waals surface area (Å²) >= 11 is 0. The summed E-state index contributed by atoms with van der Waals surface area (Å²) in [4.78, 5) is 13.8. The SMILES string of the molecule is CCCC1CC(NCC)CN(CC(=O)OCC)C1. The van der Waals surface area contributed by atoms with E-state index in [0.717, 1.165) is 19.6 Å². The Bertz CT molecular complexity index is 232. The number of nitrogens with one attached hydrogen (secondary N) is 1. The molecule has 1 saturated heterocycles. The first-order valence-corrected chi connectivity index (χ1v) is 7.30. The third-order valence-electron chi connectivity index (χ3n) is 3.46. The summed E-state index contributed by atoms with van der Waals surface area (Å²) in [5.74, 6) is 0.618. The van der Waals surface area contributed by atoms with Gasteiger partial charge in [0.2, 0.25) is 0 Å². The van der Waals surface area contributed by atoms with Gasteiger partial charge in [-0.25, -0.2) is 0 Å². The number of likely N-dealkylation sites (N-methyl/N-ethyl adjacent to an activating group) is 1. The highest BCUT2D eigenvalue weighted by molar-refractivity contribution is 5.71. The number of carbonyl (C=O) groups excluding carboxylic acids is 1. The van der Waals surface area contributed by atoms with E-state index < -0.39 is 0 Å². The maximum Gasteiger partial charge on any atom is 0.320 e. The van der Waals surface area contributed by atoms with Gasteiger partial charge in [0.15, 0.2) is 0 Å². The van der Waals surface area contributed by atoms with Crippen LogP contribution in [-0.2, 0) is 9.53 Å². The second-order valence-corrected chi connectivity index (χ2v) is 5.14. The first kappa shape index (κ1) is 15.4. The van der Waals surface area contributed by atoms with E-state index >= 15 is 0 Å². The molecule has 0 aromatic rings. The van der Waals surface area contributed by atoms with Crippen LogP contribution < -0.4 is 5.32 Å². The molecular weight excluding hydrogens is 228 g/mol. The van der Waals surface area contributed by atoms with Crippen molar-refractivity contribution in [2.75, 3.05) is 32.8 Å². The monoisotopic (exact) mass is 256 g/mol. The number of hydrogen-bond acceptors (Lipinski definition) is 4. The number of piperidine rings is 1. The summed E-state index contributed by atoms with van der Waals surface area (Å²) in [6.07, 6.45) is 3.71. The van der Waals surface area contributed by atoms with Crippen molar-refractivity contribution in [3.63, 3.8) is 0 Å². The number of nitrogens with zero attached hydrogens (tertiary/aromatic N) is 1. The molecule has 0 aliphatic carbocycles. The summed E-state index contributed by atoms with van der Waals surface area (Å²) in [6.45, 7) is 10.1. The molecule has 1 aliphatic rings. The van der Waals surface area contributed by atoms with Crippen LogP contribution in [0.2, 0.25) is 0 Å². The number of likely N-dealkylation sites (tertiary alicyclic amines) is 1. The largest absolute Gasteiger partial charge is 0.465 e. The van der Waals surface area contributed by atoms with E-state index in [2.05, 4.69) is 24.1 Å². The summed E-state index contributed by atoms with van der Waals surface area (Å²) in [7, 11) is 0. The molecule has 0 amide bonds. The molecule has 0 saturated carbocycles. The lowest BCUT2D eigenvalue weighted by Gasteiger charge is -2.37. The molecule has 1 rings (SSSR count). The normalized spacial score (nSPS) is 25.1. The highest BCUT2D eigenvalue weighted by atomic mass is 16.5. The van der Waals surface area contributed by atoms with Gasteiger partial charge in [0.05, 0.1) is 13.2 Å². The zero-order chi connectivity index (χ0) is 13.4. The lowest BCUT2D eigenvalue weighted by molar-refractivity contribution is -0.145. The summed E-state index contributed by atoms with van der Waals surface area (Å²) in [6, 6.07) is 0.523. The lowest BCUT2D eigenvalue weighted by atomic mass is 9.90. The van der Waals surface area contributed by atoms with Crippen molar-refractivity contribution in [3.8, 4) is 0 Å². The van der Waals surface area contributed by atoms with Crippen molar-refractivity contribution in [2.24, 2.45) is 5.92 Å². The van der Waals surface area contributed by atoms with Gasteiger partial charge in [0, 0.05) is 19.1 Å². The smallest absolute Gasteiger partial charge is 0.320 e. The number of rotatable bonds is 7. The van der Waals surface area contributed by atoms with Crippen LogP contribution in [0.5, 0.6) is 0 Å². The van der Waals surface area contributed by atoms with Crippen molar-refractivity contribution < 1.29 is 9.53 Å². The van der Waals surface area contributed by atoms with E-state index in [9.17, 15) is 4.79 Å². The Hall–Kier alpha value is -0.610. The fourth-order valence-corrected chi connectivity index (χ4v) is 2.88. The van der Waals surface area contributed by atoms with E-state index in [1.165, 1.54) is 19.3 Å². The Morgan fingerprint density at radius 1 is 1.33 bits per heavy atom. The topological polar surface area (TPSA) is 41.6 Å². The van der Waals surface area contributed by atoms with E-state index in [1.54, 1.807) is 0 Å². The standard InChI is InChI=1S/C14H28N2O2/c1-4-7-12-8-13(15-5-2)10-16(9-12)11-14(17)18-6-3/h12-13,15H,4-11H2,1-3H3. The average molecular weight is 256 g/mol. The fraction of sp³-hybridized carbons (Fsp3) is 0.929. The van der Waals surface area contributed by atoms with Crippen LogP contribution in [0.3, 0.4) is 0 Å². The highest BCUT2D eigenvalue weighted by Gasteiger charge is 2.27. The van der Waals surface area contributed by atoms with Crippen LogP contribution in [-0.4, -0.2) is 49.7 Å². The molecule has 1 N–H and O–H groups in total. The summed E-state index contributed by atoms with van der Waals surface area (Å²) in [5, 5.41) is 3.51. The van der Waals surface area contributed by atoms with E-state index in [1.807, 2.05) is 6.92 Å². The second kappa shape index (κ2) is 8.48. The summed E-state index contributed by atoms with van der Waals surface area (Å²) < 4.78 is 5.03. The molecule has 0 aromatic heterocycles. The first-order chi connectivity index (χ1) is 8.69. The maximum absolute atomic E-state index is 11.6. The minimum Gasteiger partial charge on any atom is -0.465 e. The van der Waals surface area contributed by atoms with Crippen molar-refractivity contribution in [3.05, 3.63) is 0 Å². The maximum atomic E-state index is 11.6. The molecule has 4 nitrogen and oxygen atoms in total. The molecule has 1 fully saturated rings. The van der Waals surface area contributed by atoms with Crippen LogP contribution in [0.1, 0.15) is 40.0 Å². The van der Waals surface area contributed by atoms with Gasteiger partial charge in [-0.15, -0.1) is 0 Å². The molecule has 1 aliphatic heterocycles. The Labute approximate surface area is 111 Å². The van der Waals surface area contributed by atoms with E-state index in [0.29, 0.717) is 25.1 Å². The van der Waals surface area contributed by atoms with Crippen LogP contribution in [0.4, 0.5) is 0 Å². The summed E-state index contributed by atoms with van der Waals surface area (Å²) in [5.41, 5.74) is 0. The van der Waals surface area contributed by atoms with Crippen molar-refractivity contribution >= 4 is 5.97 Å². The minimum atomic E-state index is -0.0927. The Morgan fingerprint density at radius 2 is 2.11 bits per heavy atom. The lowest BCUT2D eigenvalue weighted by Crippen LogP contribution is -2.50. The minimum absolute atomic E-state index is 0.0927.